The highest BCUT2D eigenvalue weighted by molar-refractivity contribution is 5.94. The second kappa shape index (κ2) is 6.19. The van der Waals surface area contributed by atoms with Gasteiger partial charge in [-0.2, -0.15) is 5.10 Å². The van der Waals surface area contributed by atoms with Crippen LogP contribution in [0.15, 0.2) is 45.9 Å². The number of pyridine rings is 1. The van der Waals surface area contributed by atoms with Crippen LogP contribution >= 0.6 is 0 Å². The highest BCUT2D eigenvalue weighted by Crippen LogP contribution is 2.17. The third-order valence-electron chi connectivity index (χ3n) is 4.03. The number of H-pyrrole nitrogens is 1. The molecule has 24 heavy (non-hydrogen) atoms. The number of hydrogen-bond acceptors (Lipinski definition) is 4. The Balaban J connectivity index is 1.80. The van der Waals surface area contributed by atoms with E-state index < -0.39 is 11.5 Å². The summed E-state index contributed by atoms with van der Waals surface area (Å²) in [7, 11) is 1.84. The number of carbonyl (C=O) groups is 1. The number of nitrogens with one attached hydrogen (secondary N) is 2. The van der Waals surface area contributed by atoms with E-state index in [0.717, 1.165) is 11.3 Å². The van der Waals surface area contributed by atoms with E-state index in [1.165, 1.54) is 12.3 Å². The van der Waals surface area contributed by atoms with Crippen molar-refractivity contribution in [1.29, 1.82) is 0 Å². The Morgan fingerprint density at radius 3 is 2.75 bits per heavy atom. The number of carbonyl (C=O) groups excluding carboxylic acids is 1. The zero-order valence-corrected chi connectivity index (χ0v) is 13.7. The van der Waals surface area contributed by atoms with Crippen LogP contribution in [0, 0.1) is 6.92 Å². The molecule has 7 heteroatoms. The zero-order chi connectivity index (χ0) is 17.3. The number of aromatic nitrogens is 3. The number of furan rings is 1. The van der Waals surface area contributed by atoms with Crippen molar-refractivity contribution in [3.8, 4) is 11.5 Å². The summed E-state index contributed by atoms with van der Waals surface area (Å²) in [5, 5.41) is 6.99. The first-order valence-electron chi connectivity index (χ1n) is 7.54. The average molecular weight is 326 g/mol. The highest BCUT2D eigenvalue weighted by atomic mass is 16.3. The van der Waals surface area contributed by atoms with E-state index >= 15 is 0 Å². The van der Waals surface area contributed by atoms with E-state index in [9.17, 15) is 9.59 Å². The lowest BCUT2D eigenvalue weighted by molar-refractivity contribution is 0.0938. The van der Waals surface area contributed by atoms with Crippen LogP contribution in [0.5, 0.6) is 0 Å². The number of aryl methyl sites for hydroxylation is 1. The van der Waals surface area contributed by atoms with Crippen molar-refractivity contribution in [2.75, 3.05) is 0 Å². The molecule has 0 aliphatic carbocycles. The molecule has 7 nitrogen and oxygen atoms in total. The minimum absolute atomic E-state index is 0.0544. The number of hydrogen-bond donors (Lipinski definition) is 2. The van der Waals surface area contributed by atoms with Gasteiger partial charge in [0.05, 0.1) is 24.2 Å². The lowest BCUT2D eigenvalue weighted by atomic mass is 10.1. The van der Waals surface area contributed by atoms with Gasteiger partial charge in [-0.1, -0.05) is 0 Å². The molecule has 2 N–H and O–H groups in total. The summed E-state index contributed by atoms with van der Waals surface area (Å²) in [5.41, 5.74) is 1.99. The summed E-state index contributed by atoms with van der Waals surface area (Å²) in [6, 6.07) is 6.35. The monoisotopic (exact) mass is 326 g/mol. The van der Waals surface area contributed by atoms with Crippen LogP contribution in [0.3, 0.4) is 0 Å². The Hall–Kier alpha value is -3.09. The number of rotatable bonds is 4. The second-order valence-corrected chi connectivity index (χ2v) is 5.60. The average Bonchev–Trinajstić information content (AvgIpc) is 3.18. The van der Waals surface area contributed by atoms with Crippen molar-refractivity contribution in [1.82, 2.24) is 20.1 Å². The minimum atomic E-state index is -0.462. The lowest BCUT2D eigenvalue weighted by Crippen LogP contribution is -2.31. The Bertz CT molecular complexity index is 922. The normalized spacial score (nSPS) is 12.1. The first-order valence-corrected chi connectivity index (χ1v) is 7.54. The smallest absolute Gasteiger partial charge is 0.261 e. The van der Waals surface area contributed by atoms with E-state index in [-0.39, 0.29) is 11.6 Å². The van der Waals surface area contributed by atoms with Crippen LogP contribution in [0.4, 0.5) is 0 Å². The molecule has 0 aromatic carbocycles. The van der Waals surface area contributed by atoms with Gasteiger partial charge in [-0.3, -0.25) is 14.3 Å². The number of aromatic amines is 1. The molecule has 0 bridgehead atoms. The maximum Gasteiger partial charge on any atom is 0.261 e. The zero-order valence-electron chi connectivity index (χ0n) is 13.7. The van der Waals surface area contributed by atoms with Gasteiger partial charge in [0.25, 0.3) is 11.5 Å². The molecule has 0 aliphatic rings. The Labute approximate surface area is 138 Å². The van der Waals surface area contributed by atoms with Gasteiger partial charge in [-0.15, -0.1) is 0 Å². The molecule has 0 fully saturated rings. The third-order valence-corrected chi connectivity index (χ3v) is 4.03. The van der Waals surface area contributed by atoms with Crippen LogP contribution in [0.25, 0.3) is 11.5 Å². The molecule has 0 spiro atoms. The van der Waals surface area contributed by atoms with Crippen molar-refractivity contribution < 1.29 is 9.21 Å². The molecule has 0 radical (unpaired) electrons. The molecule has 1 atom stereocenters. The lowest BCUT2D eigenvalue weighted by Gasteiger charge is -2.13. The van der Waals surface area contributed by atoms with E-state index in [2.05, 4.69) is 15.4 Å². The van der Waals surface area contributed by atoms with E-state index in [4.69, 9.17) is 4.42 Å². The summed E-state index contributed by atoms with van der Waals surface area (Å²) >= 11 is 0. The van der Waals surface area contributed by atoms with E-state index in [1.807, 2.05) is 20.9 Å². The fourth-order valence-corrected chi connectivity index (χ4v) is 2.52. The van der Waals surface area contributed by atoms with Gasteiger partial charge in [-0.25, -0.2) is 0 Å². The molecular formula is C17H18N4O3. The summed E-state index contributed by atoms with van der Waals surface area (Å²) in [6.45, 7) is 3.78. The van der Waals surface area contributed by atoms with Crippen molar-refractivity contribution >= 4 is 5.91 Å². The predicted octanol–water partition coefficient (Wildman–Crippen LogP) is 2.17. The molecule has 0 saturated carbocycles. The van der Waals surface area contributed by atoms with Gasteiger partial charge < -0.3 is 14.7 Å². The van der Waals surface area contributed by atoms with Crippen LogP contribution in [-0.4, -0.2) is 20.7 Å². The standard InChI is InChI=1S/C17H18N4O3/c1-10(13-9-18-21(3)11(13)2)19-16(22)12-6-7-14(20-17(12)23)15-5-4-8-24-15/h4-10H,1-3H3,(H,19,22)(H,20,23)/t10-/m0/s1. The summed E-state index contributed by atoms with van der Waals surface area (Å²) in [4.78, 5) is 27.2. The van der Waals surface area contributed by atoms with Crippen LogP contribution in [-0.2, 0) is 7.05 Å². The van der Waals surface area contributed by atoms with Crippen LogP contribution in [0.2, 0.25) is 0 Å². The Kier molecular flexibility index (Phi) is 4.07. The van der Waals surface area contributed by atoms with Gasteiger partial charge in [0.2, 0.25) is 0 Å². The third kappa shape index (κ3) is 2.88. The molecular weight excluding hydrogens is 308 g/mol. The SMILES string of the molecule is Cc1c([C@H](C)NC(=O)c2ccc(-c3ccco3)[nH]c2=O)cnn1C. The quantitative estimate of drug-likeness (QED) is 0.768. The maximum absolute atomic E-state index is 12.4. The minimum Gasteiger partial charge on any atom is -0.463 e. The summed E-state index contributed by atoms with van der Waals surface area (Å²) in [6.07, 6.45) is 3.23. The van der Waals surface area contributed by atoms with Crippen LogP contribution in [0.1, 0.15) is 34.6 Å². The van der Waals surface area contributed by atoms with Gasteiger partial charge in [0.15, 0.2) is 0 Å². The molecule has 3 aromatic heterocycles. The van der Waals surface area contributed by atoms with E-state index in [0.29, 0.717) is 11.5 Å². The van der Waals surface area contributed by atoms with Crippen molar-refractivity contribution in [2.45, 2.75) is 19.9 Å². The molecule has 1 amide bonds. The van der Waals surface area contributed by atoms with Crippen molar-refractivity contribution in [2.24, 2.45) is 7.05 Å². The molecule has 3 heterocycles. The largest absolute Gasteiger partial charge is 0.463 e. The molecule has 0 unspecified atom stereocenters. The number of nitrogens with zero attached hydrogens (tertiary/aromatic N) is 2. The second-order valence-electron chi connectivity index (χ2n) is 5.60. The molecule has 3 aromatic rings. The first-order chi connectivity index (χ1) is 11.5. The first kappa shape index (κ1) is 15.8. The molecule has 0 saturated heterocycles. The number of amides is 1. The van der Waals surface area contributed by atoms with Crippen molar-refractivity contribution in [3.63, 3.8) is 0 Å². The Morgan fingerprint density at radius 1 is 1.38 bits per heavy atom. The fraction of sp³-hybridized carbons (Fsp3) is 0.235. The van der Waals surface area contributed by atoms with Gasteiger partial charge in [0, 0.05) is 18.3 Å². The van der Waals surface area contributed by atoms with E-state index in [1.54, 1.807) is 29.1 Å². The molecule has 0 aliphatic heterocycles. The molecule has 124 valence electrons. The predicted molar refractivity (Wildman–Crippen MR) is 88.6 cm³/mol. The van der Waals surface area contributed by atoms with Gasteiger partial charge >= 0.3 is 0 Å². The van der Waals surface area contributed by atoms with Gasteiger partial charge in [-0.05, 0) is 38.1 Å². The highest BCUT2D eigenvalue weighted by Gasteiger charge is 2.18. The summed E-state index contributed by atoms with van der Waals surface area (Å²) in [5.74, 6) is 0.108. The Morgan fingerprint density at radius 2 is 2.17 bits per heavy atom. The summed E-state index contributed by atoms with van der Waals surface area (Å²) < 4.78 is 6.97. The maximum atomic E-state index is 12.4. The topological polar surface area (TPSA) is 92.9 Å². The molecule has 3 rings (SSSR count). The van der Waals surface area contributed by atoms with Gasteiger partial charge in [0.1, 0.15) is 11.3 Å². The fourth-order valence-electron chi connectivity index (χ4n) is 2.52. The van der Waals surface area contributed by atoms with Crippen molar-refractivity contribution in [3.05, 3.63) is 63.9 Å². The van der Waals surface area contributed by atoms with Crippen LogP contribution < -0.4 is 10.9 Å².